The fourth-order valence-electron chi connectivity index (χ4n) is 4.06. The molecule has 0 N–H and O–H groups in total. The Morgan fingerprint density at radius 3 is 2.10 bits per heavy atom. The lowest BCUT2D eigenvalue weighted by atomic mass is 10.1. The first-order valence-corrected chi connectivity index (χ1v) is 10.7. The van der Waals surface area contributed by atoms with Crippen LogP contribution >= 0.6 is 0 Å². The minimum absolute atomic E-state index is 0.0680. The van der Waals surface area contributed by atoms with Crippen molar-refractivity contribution < 1.29 is 9.59 Å². The SMILES string of the molecule is O=C(CC1CCC(=O)N1Cc1ccccn1)N(Cc1ccccc1)Cc1ccccc1. The predicted octanol–water partition coefficient (Wildman–Crippen LogP) is 4.19. The van der Waals surface area contributed by atoms with Gasteiger partial charge < -0.3 is 9.80 Å². The van der Waals surface area contributed by atoms with Crippen molar-refractivity contribution in [3.05, 3.63) is 102 Å². The van der Waals surface area contributed by atoms with Crippen molar-refractivity contribution in [2.75, 3.05) is 0 Å². The van der Waals surface area contributed by atoms with Crippen molar-refractivity contribution in [3.63, 3.8) is 0 Å². The molecule has 0 saturated carbocycles. The smallest absolute Gasteiger partial charge is 0.225 e. The lowest BCUT2D eigenvalue weighted by Gasteiger charge is -2.28. The van der Waals surface area contributed by atoms with Crippen LogP contribution in [0.4, 0.5) is 0 Å². The number of carbonyl (C=O) groups is 2. The average molecular weight is 414 g/mol. The molecule has 2 amide bonds. The van der Waals surface area contributed by atoms with Gasteiger partial charge in [0.1, 0.15) is 0 Å². The molecule has 0 spiro atoms. The van der Waals surface area contributed by atoms with Gasteiger partial charge in [0, 0.05) is 38.2 Å². The lowest BCUT2D eigenvalue weighted by Crippen LogP contribution is -2.38. The van der Waals surface area contributed by atoms with E-state index < -0.39 is 0 Å². The van der Waals surface area contributed by atoms with Crippen molar-refractivity contribution in [2.24, 2.45) is 0 Å². The number of likely N-dealkylation sites (tertiary alicyclic amines) is 1. The van der Waals surface area contributed by atoms with E-state index in [1.165, 1.54) is 0 Å². The first-order chi connectivity index (χ1) is 15.2. The molecular weight excluding hydrogens is 386 g/mol. The highest BCUT2D eigenvalue weighted by atomic mass is 16.2. The van der Waals surface area contributed by atoms with Crippen molar-refractivity contribution >= 4 is 11.8 Å². The quantitative estimate of drug-likeness (QED) is 0.556. The summed E-state index contributed by atoms with van der Waals surface area (Å²) in [6, 6.07) is 25.7. The number of rotatable bonds is 8. The molecule has 3 aromatic rings. The zero-order valence-corrected chi connectivity index (χ0v) is 17.6. The summed E-state index contributed by atoms with van der Waals surface area (Å²) in [4.78, 5) is 33.9. The van der Waals surface area contributed by atoms with Crippen LogP contribution in [0.25, 0.3) is 0 Å². The molecule has 4 rings (SSSR count). The van der Waals surface area contributed by atoms with Crippen LogP contribution in [-0.4, -0.2) is 32.6 Å². The molecule has 158 valence electrons. The van der Waals surface area contributed by atoms with E-state index in [-0.39, 0.29) is 17.9 Å². The van der Waals surface area contributed by atoms with E-state index >= 15 is 0 Å². The van der Waals surface area contributed by atoms with Crippen LogP contribution in [0.15, 0.2) is 85.1 Å². The van der Waals surface area contributed by atoms with E-state index in [2.05, 4.69) is 4.98 Å². The maximum absolute atomic E-state index is 13.4. The molecule has 5 heteroatoms. The number of nitrogens with zero attached hydrogens (tertiary/aromatic N) is 3. The third-order valence-electron chi connectivity index (χ3n) is 5.71. The summed E-state index contributed by atoms with van der Waals surface area (Å²) in [5, 5.41) is 0. The van der Waals surface area contributed by atoms with Crippen molar-refractivity contribution in [3.8, 4) is 0 Å². The van der Waals surface area contributed by atoms with Crippen LogP contribution in [-0.2, 0) is 29.2 Å². The number of benzene rings is 2. The van der Waals surface area contributed by atoms with Crippen LogP contribution in [0, 0.1) is 0 Å². The molecule has 0 radical (unpaired) electrons. The van der Waals surface area contributed by atoms with E-state index in [1.807, 2.05) is 88.7 Å². The van der Waals surface area contributed by atoms with Crippen molar-refractivity contribution in [2.45, 2.75) is 44.9 Å². The molecule has 5 nitrogen and oxygen atoms in total. The first kappa shape index (κ1) is 20.8. The Labute approximate surface area is 183 Å². The van der Waals surface area contributed by atoms with Gasteiger partial charge in [-0.3, -0.25) is 14.6 Å². The predicted molar refractivity (Wildman–Crippen MR) is 120 cm³/mol. The fourth-order valence-corrected chi connectivity index (χ4v) is 4.06. The van der Waals surface area contributed by atoms with Gasteiger partial charge in [0.2, 0.25) is 11.8 Å². The Morgan fingerprint density at radius 2 is 1.52 bits per heavy atom. The molecule has 1 aromatic heterocycles. The second-order valence-corrected chi connectivity index (χ2v) is 7.96. The summed E-state index contributed by atoms with van der Waals surface area (Å²) in [6.45, 7) is 1.56. The van der Waals surface area contributed by atoms with Crippen molar-refractivity contribution in [1.29, 1.82) is 0 Å². The fraction of sp³-hybridized carbons (Fsp3) is 0.269. The molecule has 1 fully saturated rings. The first-order valence-electron chi connectivity index (χ1n) is 10.7. The summed E-state index contributed by atoms with van der Waals surface area (Å²) < 4.78 is 0. The largest absolute Gasteiger partial charge is 0.334 e. The number of hydrogen-bond acceptors (Lipinski definition) is 3. The zero-order chi connectivity index (χ0) is 21.5. The number of amides is 2. The van der Waals surface area contributed by atoms with Crippen molar-refractivity contribution in [1.82, 2.24) is 14.8 Å². The second-order valence-electron chi connectivity index (χ2n) is 7.96. The summed E-state index contributed by atoms with van der Waals surface area (Å²) >= 11 is 0. The Balaban J connectivity index is 1.48. The molecule has 1 atom stereocenters. The topological polar surface area (TPSA) is 53.5 Å². The minimum Gasteiger partial charge on any atom is -0.334 e. The Kier molecular flexibility index (Phi) is 6.72. The molecule has 31 heavy (non-hydrogen) atoms. The van der Waals surface area contributed by atoms with Gasteiger partial charge in [-0.25, -0.2) is 0 Å². The Hall–Kier alpha value is -3.47. The average Bonchev–Trinajstić information content (AvgIpc) is 3.14. The van der Waals surface area contributed by atoms with Gasteiger partial charge in [-0.2, -0.15) is 0 Å². The van der Waals surface area contributed by atoms with Gasteiger partial charge >= 0.3 is 0 Å². The monoisotopic (exact) mass is 413 g/mol. The summed E-state index contributed by atoms with van der Waals surface area (Å²) in [7, 11) is 0. The molecule has 2 heterocycles. The molecule has 0 bridgehead atoms. The molecule has 0 aliphatic carbocycles. The van der Waals surface area contributed by atoms with E-state index in [1.54, 1.807) is 6.20 Å². The minimum atomic E-state index is -0.0870. The van der Waals surface area contributed by atoms with Gasteiger partial charge in [0.15, 0.2) is 0 Å². The van der Waals surface area contributed by atoms with Crippen LogP contribution in [0.1, 0.15) is 36.1 Å². The summed E-state index contributed by atoms with van der Waals surface area (Å²) in [5.74, 6) is 0.166. The van der Waals surface area contributed by atoms with Crippen LogP contribution in [0.5, 0.6) is 0 Å². The summed E-state index contributed by atoms with van der Waals surface area (Å²) in [6.07, 6.45) is 3.26. The van der Waals surface area contributed by atoms with Crippen LogP contribution in [0.2, 0.25) is 0 Å². The molecule has 2 aromatic carbocycles. The van der Waals surface area contributed by atoms with Gasteiger partial charge in [-0.15, -0.1) is 0 Å². The molecule has 1 aliphatic rings. The second kappa shape index (κ2) is 10.0. The zero-order valence-electron chi connectivity index (χ0n) is 17.6. The standard InChI is InChI=1S/C26H27N3O2/c30-25-15-14-24(29(25)20-23-13-7-8-16-27-23)17-26(31)28(18-21-9-3-1-4-10-21)19-22-11-5-2-6-12-22/h1-13,16,24H,14-15,17-20H2. The van der Waals surface area contributed by atoms with Gasteiger partial charge in [0.05, 0.1) is 12.2 Å². The van der Waals surface area contributed by atoms with E-state index in [9.17, 15) is 9.59 Å². The van der Waals surface area contributed by atoms with E-state index in [0.717, 1.165) is 16.8 Å². The van der Waals surface area contributed by atoms with Crippen LogP contribution in [0.3, 0.4) is 0 Å². The van der Waals surface area contributed by atoms with E-state index in [0.29, 0.717) is 38.9 Å². The third kappa shape index (κ3) is 5.57. The molecule has 1 saturated heterocycles. The molecule has 1 aliphatic heterocycles. The van der Waals surface area contributed by atoms with Gasteiger partial charge in [0.25, 0.3) is 0 Å². The van der Waals surface area contributed by atoms with Gasteiger partial charge in [-0.1, -0.05) is 66.7 Å². The van der Waals surface area contributed by atoms with E-state index in [4.69, 9.17) is 0 Å². The highest BCUT2D eigenvalue weighted by Gasteiger charge is 2.33. The Bertz CT molecular complexity index is 951. The number of pyridine rings is 1. The number of carbonyl (C=O) groups excluding carboxylic acids is 2. The van der Waals surface area contributed by atoms with Crippen LogP contribution < -0.4 is 0 Å². The summed E-state index contributed by atoms with van der Waals surface area (Å²) in [5.41, 5.74) is 3.04. The normalized spacial score (nSPS) is 15.8. The Morgan fingerprint density at radius 1 is 0.903 bits per heavy atom. The molecule has 1 unspecified atom stereocenters. The number of hydrogen-bond donors (Lipinski definition) is 0. The molecular formula is C26H27N3O2. The highest BCUT2D eigenvalue weighted by molar-refractivity contribution is 5.82. The number of aromatic nitrogens is 1. The highest BCUT2D eigenvalue weighted by Crippen LogP contribution is 2.25. The maximum Gasteiger partial charge on any atom is 0.225 e. The lowest BCUT2D eigenvalue weighted by molar-refractivity contribution is -0.135. The third-order valence-corrected chi connectivity index (χ3v) is 5.71. The maximum atomic E-state index is 13.4. The van der Waals surface area contributed by atoms with Gasteiger partial charge in [-0.05, 0) is 29.7 Å².